The molecule has 17 heavy (non-hydrogen) atoms. The molecule has 1 spiro atoms. The third-order valence-electron chi connectivity index (χ3n) is 3.71. The first-order valence-electron chi connectivity index (χ1n) is 6.73. The minimum Gasteiger partial charge on any atom is -0.487 e. The maximum absolute atomic E-state index is 6.16. The first kappa shape index (κ1) is 12.4. The second-order valence-electron chi connectivity index (χ2n) is 4.87. The van der Waals surface area contributed by atoms with Crippen molar-refractivity contribution in [2.24, 2.45) is 0 Å². The molecule has 0 saturated carbocycles. The lowest BCUT2D eigenvalue weighted by Gasteiger charge is -2.37. The van der Waals surface area contributed by atoms with Crippen LogP contribution in [0.3, 0.4) is 0 Å². The van der Waals surface area contributed by atoms with E-state index in [4.69, 9.17) is 4.74 Å². The number of hydrogen-bond donors (Lipinski definition) is 0. The summed E-state index contributed by atoms with van der Waals surface area (Å²) in [6.07, 6.45) is 3.44. The molecule has 1 saturated heterocycles. The quantitative estimate of drug-likeness (QED) is 0.682. The number of fused-ring (bicyclic) bond motifs is 1. The molecule has 0 unspecified atom stereocenters. The first-order valence-corrected chi connectivity index (χ1v) is 6.73. The van der Waals surface area contributed by atoms with Crippen molar-refractivity contribution in [3.63, 3.8) is 0 Å². The molecule has 0 N–H and O–H groups in total. The van der Waals surface area contributed by atoms with Crippen LogP contribution in [0.4, 0.5) is 0 Å². The monoisotopic (exact) mass is 233 g/mol. The van der Waals surface area contributed by atoms with Crippen molar-refractivity contribution in [1.29, 1.82) is 0 Å². The van der Waals surface area contributed by atoms with Crippen LogP contribution < -0.4 is 4.74 Å². The largest absolute Gasteiger partial charge is 0.487 e. The van der Waals surface area contributed by atoms with Gasteiger partial charge in [0.2, 0.25) is 0 Å². The fraction of sp³-hybridized carbons (Fsp3) is 0.600. The van der Waals surface area contributed by atoms with Crippen LogP contribution in [-0.4, -0.2) is 30.6 Å². The topological polar surface area (TPSA) is 12.5 Å². The molecule has 2 aliphatic heterocycles. The number of benzene rings is 1. The van der Waals surface area contributed by atoms with Gasteiger partial charge in [0.1, 0.15) is 11.4 Å². The third-order valence-corrected chi connectivity index (χ3v) is 3.71. The number of piperidine rings is 1. The summed E-state index contributed by atoms with van der Waals surface area (Å²) in [6.45, 7) is 6.32. The highest BCUT2D eigenvalue weighted by molar-refractivity contribution is 5.39. The zero-order valence-electron chi connectivity index (χ0n) is 11.2. The Bertz CT molecular complexity index is 340. The summed E-state index contributed by atoms with van der Waals surface area (Å²) < 4.78 is 6.16. The van der Waals surface area contributed by atoms with Gasteiger partial charge >= 0.3 is 0 Å². The molecule has 1 fully saturated rings. The van der Waals surface area contributed by atoms with Gasteiger partial charge in [-0.15, -0.1) is 0 Å². The van der Waals surface area contributed by atoms with Crippen LogP contribution in [0.5, 0.6) is 5.75 Å². The summed E-state index contributed by atoms with van der Waals surface area (Å²) >= 11 is 0. The molecule has 0 aliphatic carbocycles. The normalized spacial score (nSPS) is 21.4. The van der Waals surface area contributed by atoms with Crippen molar-refractivity contribution in [3.05, 3.63) is 29.8 Å². The maximum atomic E-state index is 6.16. The maximum Gasteiger partial charge on any atom is 0.123 e. The van der Waals surface area contributed by atoms with E-state index in [0.29, 0.717) is 0 Å². The molecule has 2 nitrogen and oxygen atoms in total. The molecule has 0 radical (unpaired) electrons. The highest BCUT2D eigenvalue weighted by Gasteiger charge is 2.40. The molecule has 94 valence electrons. The predicted octanol–water partition coefficient (Wildman–Crippen LogP) is 3.11. The zero-order chi connectivity index (χ0) is 12.3. The van der Waals surface area contributed by atoms with Gasteiger partial charge in [-0.05, 0) is 18.7 Å². The highest BCUT2D eigenvalue weighted by atomic mass is 16.5. The van der Waals surface area contributed by atoms with Crippen LogP contribution in [-0.2, 0) is 6.42 Å². The van der Waals surface area contributed by atoms with Gasteiger partial charge in [0.15, 0.2) is 0 Å². The number of para-hydroxylation sites is 1. The highest BCUT2D eigenvalue weighted by Crippen LogP contribution is 2.40. The Hall–Kier alpha value is -1.02. The molecule has 2 aliphatic rings. The van der Waals surface area contributed by atoms with Gasteiger partial charge in [-0.1, -0.05) is 32.0 Å². The average Bonchev–Trinajstić information content (AvgIpc) is 2.74. The lowest BCUT2D eigenvalue weighted by molar-refractivity contribution is 0.0271. The minimum atomic E-state index is 0.121. The Labute approximate surface area is 105 Å². The fourth-order valence-electron chi connectivity index (χ4n) is 2.67. The number of likely N-dealkylation sites (tertiary alicyclic amines) is 1. The lowest BCUT2D eigenvalue weighted by Crippen LogP contribution is -2.45. The Morgan fingerprint density at radius 3 is 2.41 bits per heavy atom. The number of rotatable bonds is 0. The van der Waals surface area contributed by atoms with Crippen molar-refractivity contribution in [2.45, 2.75) is 38.7 Å². The Balaban J connectivity index is 0.000000514. The number of hydrogen-bond acceptors (Lipinski definition) is 2. The molecule has 2 heteroatoms. The van der Waals surface area contributed by atoms with E-state index >= 15 is 0 Å². The molecular formula is C15H23NO. The molecule has 0 amide bonds. The van der Waals surface area contributed by atoms with Crippen molar-refractivity contribution in [1.82, 2.24) is 4.90 Å². The third kappa shape index (κ3) is 2.47. The summed E-state index contributed by atoms with van der Waals surface area (Å²) in [7, 11) is 2.19. The number of nitrogens with zero attached hydrogens (tertiary/aromatic N) is 1. The van der Waals surface area contributed by atoms with E-state index in [0.717, 1.165) is 38.1 Å². The van der Waals surface area contributed by atoms with Crippen molar-refractivity contribution < 1.29 is 4.74 Å². The second-order valence-corrected chi connectivity index (χ2v) is 4.87. The summed E-state index contributed by atoms with van der Waals surface area (Å²) in [5, 5.41) is 0. The van der Waals surface area contributed by atoms with Crippen molar-refractivity contribution in [2.75, 3.05) is 20.1 Å². The van der Waals surface area contributed by atoms with Gasteiger partial charge in [-0.25, -0.2) is 0 Å². The minimum absolute atomic E-state index is 0.121. The summed E-state index contributed by atoms with van der Waals surface area (Å²) in [4.78, 5) is 2.39. The van der Waals surface area contributed by atoms with Gasteiger partial charge < -0.3 is 9.64 Å². The molecule has 1 aromatic rings. The van der Waals surface area contributed by atoms with Crippen LogP contribution in [0.1, 0.15) is 32.3 Å². The van der Waals surface area contributed by atoms with Crippen LogP contribution in [0.15, 0.2) is 24.3 Å². The van der Waals surface area contributed by atoms with Gasteiger partial charge in [0.25, 0.3) is 0 Å². The molecule has 0 atom stereocenters. The zero-order valence-corrected chi connectivity index (χ0v) is 11.2. The summed E-state index contributed by atoms with van der Waals surface area (Å²) in [6, 6.07) is 8.47. The van der Waals surface area contributed by atoms with Crippen molar-refractivity contribution >= 4 is 0 Å². The molecular weight excluding hydrogens is 210 g/mol. The first-order chi connectivity index (χ1) is 8.27. The Kier molecular flexibility index (Phi) is 3.72. The Morgan fingerprint density at radius 1 is 1.12 bits per heavy atom. The molecule has 1 aromatic carbocycles. The molecule has 3 rings (SSSR count). The molecule has 0 aromatic heterocycles. The molecule has 0 bridgehead atoms. The standard InChI is InChI=1S/C13H17NO.C2H6/c1-14-8-6-13(7-9-14)10-11-4-2-3-5-12(11)15-13;1-2/h2-5H,6-10H2,1H3;1-2H3. The fourth-order valence-corrected chi connectivity index (χ4v) is 2.67. The predicted molar refractivity (Wildman–Crippen MR) is 71.6 cm³/mol. The SMILES string of the molecule is CC.CN1CCC2(CC1)Cc1ccccc1O2. The smallest absolute Gasteiger partial charge is 0.123 e. The van der Waals surface area contributed by atoms with Gasteiger partial charge in [0, 0.05) is 32.4 Å². The van der Waals surface area contributed by atoms with E-state index in [1.165, 1.54) is 5.56 Å². The molecule has 2 heterocycles. The van der Waals surface area contributed by atoms with E-state index in [1.807, 2.05) is 13.8 Å². The van der Waals surface area contributed by atoms with Crippen LogP contribution >= 0.6 is 0 Å². The number of ether oxygens (including phenoxy) is 1. The van der Waals surface area contributed by atoms with E-state index < -0.39 is 0 Å². The van der Waals surface area contributed by atoms with Crippen LogP contribution in [0.2, 0.25) is 0 Å². The summed E-state index contributed by atoms with van der Waals surface area (Å²) in [5.41, 5.74) is 1.51. The van der Waals surface area contributed by atoms with Gasteiger partial charge in [-0.3, -0.25) is 0 Å². The van der Waals surface area contributed by atoms with Gasteiger partial charge in [-0.2, -0.15) is 0 Å². The van der Waals surface area contributed by atoms with Crippen molar-refractivity contribution in [3.8, 4) is 5.75 Å². The van der Waals surface area contributed by atoms with E-state index in [2.05, 4.69) is 36.2 Å². The summed E-state index contributed by atoms with van der Waals surface area (Å²) in [5.74, 6) is 1.11. The van der Waals surface area contributed by atoms with Crippen LogP contribution in [0.25, 0.3) is 0 Å². The van der Waals surface area contributed by atoms with E-state index in [-0.39, 0.29) is 5.60 Å². The second kappa shape index (κ2) is 5.09. The van der Waals surface area contributed by atoms with E-state index in [9.17, 15) is 0 Å². The van der Waals surface area contributed by atoms with Gasteiger partial charge in [0.05, 0.1) is 0 Å². The lowest BCUT2D eigenvalue weighted by atomic mass is 9.87. The van der Waals surface area contributed by atoms with E-state index in [1.54, 1.807) is 0 Å². The average molecular weight is 233 g/mol. The van der Waals surface area contributed by atoms with Crippen LogP contribution in [0, 0.1) is 0 Å². The Morgan fingerprint density at radius 2 is 1.76 bits per heavy atom.